The van der Waals surface area contributed by atoms with E-state index in [2.05, 4.69) is 0 Å². The fraction of sp³-hybridized carbons (Fsp3) is 0.200. The second-order valence-electron chi connectivity index (χ2n) is 4.50. The quantitative estimate of drug-likeness (QED) is 0.853. The maximum absolute atomic E-state index is 11.5. The molecule has 0 unspecified atom stereocenters. The zero-order valence-corrected chi connectivity index (χ0v) is 10.6. The van der Waals surface area contributed by atoms with E-state index in [1.165, 1.54) is 0 Å². The molecule has 0 aromatic heterocycles. The number of hydrogen-bond donors (Lipinski definition) is 2. The first-order valence-corrected chi connectivity index (χ1v) is 6.18. The fourth-order valence-corrected chi connectivity index (χ4v) is 2.28. The molecule has 0 aliphatic carbocycles. The van der Waals surface area contributed by atoms with Crippen LogP contribution < -0.4 is 11.5 Å². The predicted octanol–water partition coefficient (Wildman–Crippen LogP) is 1.75. The number of nitrogens with two attached hydrogens (primary N) is 2. The summed E-state index contributed by atoms with van der Waals surface area (Å²) in [5.74, 6) is -0.777. The zero-order valence-electron chi connectivity index (χ0n) is 10.6. The van der Waals surface area contributed by atoms with Gasteiger partial charge < -0.3 is 11.5 Å². The third-order valence-electron chi connectivity index (χ3n) is 3.16. The first-order chi connectivity index (χ1) is 9.09. The molecule has 19 heavy (non-hydrogen) atoms. The lowest BCUT2D eigenvalue weighted by atomic mass is 9.94. The molecule has 0 aliphatic heterocycles. The molecule has 0 bridgehead atoms. The summed E-state index contributed by atoms with van der Waals surface area (Å²) in [6, 6.07) is 11.4. The lowest BCUT2D eigenvalue weighted by molar-refractivity contribution is -0.118. The van der Waals surface area contributed by atoms with E-state index in [0.29, 0.717) is 24.8 Å². The molecule has 4 N–H and O–H groups in total. The van der Waals surface area contributed by atoms with Crippen molar-refractivity contribution in [1.29, 1.82) is 0 Å². The molecule has 4 nitrogen and oxygen atoms in total. The summed E-state index contributed by atoms with van der Waals surface area (Å²) in [6.45, 7) is 0. The number of fused-ring (bicyclic) bond motifs is 1. The number of carbonyl (C=O) groups is 2. The zero-order chi connectivity index (χ0) is 13.8. The van der Waals surface area contributed by atoms with E-state index in [4.69, 9.17) is 11.5 Å². The van der Waals surface area contributed by atoms with Gasteiger partial charge in [0, 0.05) is 12.0 Å². The van der Waals surface area contributed by atoms with E-state index in [-0.39, 0.29) is 5.91 Å². The minimum Gasteiger partial charge on any atom is -0.370 e. The van der Waals surface area contributed by atoms with Crippen LogP contribution in [0.3, 0.4) is 0 Å². The Kier molecular flexibility index (Phi) is 3.80. The Morgan fingerprint density at radius 1 is 1.00 bits per heavy atom. The van der Waals surface area contributed by atoms with Crippen LogP contribution in [0.4, 0.5) is 0 Å². The number of primary amides is 2. The van der Waals surface area contributed by atoms with Crippen LogP contribution >= 0.6 is 0 Å². The van der Waals surface area contributed by atoms with Gasteiger partial charge in [0.1, 0.15) is 0 Å². The summed E-state index contributed by atoms with van der Waals surface area (Å²) in [7, 11) is 0. The molecular weight excluding hydrogens is 240 g/mol. The standard InChI is InChI=1S/C15H16N2O2/c16-14(18)7-3-6-12-11-5-2-1-4-10(11)8-9-13(12)15(17)19/h1-2,4-5,8-9H,3,6-7H2,(H2,16,18)(H2,17,19). The maximum Gasteiger partial charge on any atom is 0.248 e. The Morgan fingerprint density at radius 3 is 2.42 bits per heavy atom. The van der Waals surface area contributed by atoms with Crippen LogP contribution in [0.1, 0.15) is 28.8 Å². The van der Waals surface area contributed by atoms with Crippen LogP contribution in [0.15, 0.2) is 36.4 Å². The van der Waals surface area contributed by atoms with Gasteiger partial charge in [0.2, 0.25) is 11.8 Å². The van der Waals surface area contributed by atoms with Crippen molar-refractivity contribution < 1.29 is 9.59 Å². The number of rotatable bonds is 5. The third kappa shape index (κ3) is 2.91. The van der Waals surface area contributed by atoms with Crippen LogP contribution in [0.25, 0.3) is 10.8 Å². The van der Waals surface area contributed by atoms with Crippen molar-refractivity contribution in [2.75, 3.05) is 0 Å². The maximum atomic E-state index is 11.5. The Hall–Kier alpha value is -2.36. The van der Waals surface area contributed by atoms with Crippen molar-refractivity contribution in [3.05, 3.63) is 47.5 Å². The predicted molar refractivity (Wildman–Crippen MR) is 74.6 cm³/mol. The lowest BCUT2D eigenvalue weighted by Gasteiger charge is -2.10. The van der Waals surface area contributed by atoms with Gasteiger partial charge in [-0.3, -0.25) is 9.59 Å². The van der Waals surface area contributed by atoms with Gasteiger partial charge in [0.25, 0.3) is 0 Å². The van der Waals surface area contributed by atoms with Gasteiger partial charge in [0.15, 0.2) is 0 Å². The van der Waals surface area contributed by atoms with Crippen molar-refractivity contribution in [2.24, 2.45) is 11.5 Å². The minimum absolute atomic E-state index is 0.307. The summed E-state index contributed by atoms with van der Waals surface area (Å²) < 4.78 is 0. The first-order valence-electron chi connectivity index (χ1n) is 6.18. The normalized spacial score (nSPS) is 10.5. The number of benzene rings is 2. The monoisotopic (exact) mass is 256 g/mol. The van der Waals surface area contributed by atoms with Gasteiger partial charge in [0.05, 0.1) is 0 Å². The van der Waals surface area contributed by atoms with Gasteiger partial charge in [-0.05, 0) is 35.2 Å². The van der Waals surface area contributed by atoms with E-state index in [9.17, 15) is 9.59 Å². The van der Waals surface area contributed by atoms with E-state index >= 15 is 0 Å². The molecule has 2 aromatic carbocycles. The van der Waals surface area contributed by atoms with Crippen molar-refractivity contribution in [2.45, 2.75) is 19.3 Å². The Balaban J connectivity index is 2.43. The van der Waals surface area contributed by atoms with E-state index < -0.39 is 5.91 Å². The molecule has 98 valence electrons. The molecule has 0 heterocycles. The highest BCUT2D eigenvalue weighted by Crippen LogP contribution is 2.24. The molecule has 0 saturated heterocycles. The average molecular weight is 256 g/mol. The molecule has 0 aliphatic rings. The van der Waals surface area contributed by atoms with Crippen LogP contribution in [0.5, 0.6) is 0 Å². The SMILES string of the molecule is NC(=O)CCCc1c(C(N)=O)ccc2ccccc12. The van der Waals surface area contributed by atoms with E-state index in [1.807, 2.05) is 30.3 Å². The van der Waals surface area contributed by atoms with Crippen molar-refractivity contribution >= 4 is 22.6 Å². The second-order valence-corrected chi connectivity index (χ2v) is 4.50. The number of aryl methyl sites for hydroxylation is 1. The highest BCUT2D eigenvalue weighted by Gasteiger charge is 2.11. The summed E-state index contributed by atoms with van der Waals surface area (Å²) in [5, 5.41) is 2.06. The molecular formula is C15H16N2O2. The van der Waals surface area contributed by atoms with Gasteiger partial charge >= 0.3 is 0 Å². The van der Waals surface area contributed by atoms with Gasteiger partial charge in [-0.1, -0.05) is 30.3 Å². The van der Waals surface area contributed by atoms with Gasteiger partial charge in [-0.15, -0.1) is 0 Å². The molecule has 4 heteroatoms. The molecule has 0 atom stereocenters. The average Bonchev–Trinajstić information content (AvgIpc) is 2.38. The van der Waals surface area contributed by atoms with Crippen LogP contribution in [-0.4, -0.2) is 11.8 Å². The minimum atomic E-state index is -0.445. The number of amides is 2. The third-order valence-corrected chi connectivity index (χ3v) is 3.16. The van der Waals surface area contributed by atoms with Gasteiger partial charge in [-0.25, -0.2) is 0 Å². The lowest BCUT2D eigenvalue weighted by Crippen LogP contribution is -2.15. The summed E-state index contributed by atoms with van der Waals surface area (Å²) in [4.78, 5) is 22.3. The van der Waals surface area contributed by atoms with E-state index in [0.717, 1.165) is 16.3 Å². The smallest absolute Gasteiger partial charge is 0.248 e. The van der Waals surface area contributed by atoms with Crippen molar-refractivity contribution in [3.8, 4) is 0 Å². The van der Waals surface area contributed by atoms with Crippen LogP contribution in [0.2, 0.25) is 0 Å². The topological polar surface area (TPSA) is 86.2 Å². The Labute approximate surface area is 111 Å². The fourth-order valence-electron chi connectivity index (χ4n) is 2.28. The highest BCUT2D eigenvalue weighted by molar-refractivity contribution is 6.00. The molecule has 2 aromatic rings. The summed E-state index contributed by atoms with van der Waals surface area (Å²) in [5.41, 5.74) is 12.0. The summed E-state index contributed by atoms with van der Waals surface area (Å²) >= 11 is 0. The Bertz CT molecular complexity index is 635. The highest BCUT2D eigenvalue weighted by atomic mass is 16.1. The van der Waals surface area contributed by atoms with E-state index in [1.54, 1.807) is 6.07 Å². The van der Waals surface area contributed by atoms with Crippen molar-refractivity contribution in [1.82, 2.24) is 0 Å². The molecule has 2 rings (SSSR count). The number of hydrogen-bond acceptors (Lipinski definition) is 2. The number of carbonyl (C=O) groups excluding carboxylic acids is 2. The van der Waals surface area contributed by atoms with Gasteiger partial charge in [-0.2, -0.15) is 0 Å². The molecule has 2 amide bonds. The molecule has 0 radical (unpaired) electrons. The Morgan fingerprint density at radius 2 is 1.74 bits per heavy atom. The largest absolute Gasteiger partial charge is 0.370 e. The first kappa shape index (κ1) is 13.1. The van der Waals surface area contributed by atoms with Crippen LogP contribution in [0, 0.1) is 0 Å². The summed E-state index contributed by atoms with van der Waals surface area (Å²) in [6.07, 6.45) is 1.54. The van der Waals surface area contributed by atoms with Crippen molar-refractivity contribution in [3.63, 3.8) is 0 Å². The molecule has 0 fully saturated rings. The second kappa shape index (κ2) is 5.52. The molecule has 0 saturated carbocycles. The molecule has 0 spiro atoms. The van der Waals surface area contributed by atoms with Crippen LogP contribution in [-0.2, 0) is 11.2 Å².